The van der Waals surface area contributed by atoms with E-state index in [0.717, 1.165) is 0 Å². The van der Waals surface area contributed by atoms with Gasteiger partial charge in [0.05, 0.1) is 0 Å². The largest absolute Gasteiger partial charge is 0.492 e. The van der Waals surface area contributed by atoms with E-state index in [1.54, 1.807) is 13.1 Å². The summed E-state index contributed by atoms with van der Waals surface area (Å²) in [6, 6.07) is 3.08. The van der Waals surface area contributed by atoms with Crippen LogP contribution in [0, 0.1) is 4.64 Å². The summed E-state index contributed by atoms with van der Waals surface area (Å²) < 4.78 is 2.04. The fraction of sp³-hybridized carbons (Fsp3) is 0.200. The molecule has 0 spiro atoms. The number of hydrogen-bond donors (Lipinski definition) is 1. The molecule has 0 amide bonds. The van der Waals surface area contributed by atoms with Gasteiger partial charge in [-0.15, -0.1) is 5.10 Å². The highest BCUT2D eigenvalue weighted by Crippen LogP contribution is 1.99. The monoisotopic (exact) mass is 142 g/mol. The van der Waals surface area contributed by atoms with Crippen LogP contribution in [0.5, 0.6) is 5.88 Å². The van der Waals surface area contributed by atoms with Gasteiger partial charge in [0.2, 0.25) is 5.88 Å². The van der Waals surface area contributed by atoms with Crippen molar-refractivity contribution in [1.29, 1.82) is 0 Å². The molecule has 0 bridgehead atoms. The van der Waals surface area contributed by atoms with E-state index in [1.165, 1.54) is 10.7 Å². The highest BCUT2D eigenvalue weighted by atomic mass is 32.1. The number of nitrogens with zero attached hydrogens (tertiary/aromatic N) is 2. The lowest BCUT2D eigenvalue weighted by Gasteiger charge is -1.94. The molecular weight excluding hydrogens is 136 g/mol. The standard InChI is InChI=1S/C5H6N2OS/c1-7-5(9)3-2-4(8)6-7/h2-3H,1H3,(H,6,8). The Morgan fingerprint density at radius 1 is 1.67 bits per heavy atom. The zero-order valence-electron chi connectivity index (χ0n) is 4.90. The number of hydrogen-bond acceptors (Lipinski definition) is 3. The van der Waals surface area contributed by atoms with Crippen molar-refractivity contribution in [2.75, 3.05) is 0 Å². The number of rotatable bonds is 0. The maximum atomic E-state index is 8.76. The number of aromatic nitrogens is 2. The van der Waals surface area contributed by atoms with Crippen molar-refractivity contribution in [3.05, 3.63) is 16.8 Å². The van der Waals surface area contributed by atoms with E-state index in [0.29, 0.717) is 4.64 Å². The summed E-state index contributed by atoms with van der Waals surface area (Å²) in [7, 11) is 1.68. The molecular formula is C5H6N2OS. The Hall–Kier alpha value is -0.900. The summed E-state index contributed by atoms with van der Waals surface area (Å²) in [6.45, 7) is 0. The lowest BCUT2D eigenvalue weighted by Crippen LogP contribution is -1.95. The third-order valence-corrected chi connectivity index (χ3v) is 1.35. The Bertz CT molecular complexity index is 268. The first-order valence-corrected chi connectivity index (χ1v) is 2.84. The molecule has 0 aromatic carbocycles. The maximum absolute atomic E-state index is 8.76. The Morgan fingerprint density at radius 2 is 2.33 bits per heavy atom. The van der Waals surface area contributed by atoms with Gasteiger partial charge in [0.25, 0.3) is 0 Å². The van der Waals surface area contributed by atoms with E-state index in [1.807, 2.05) is 0 Å². The normalized spacial score (nSPS) is 9.44. The average Bonchev–Trinajstić information content (AvgIpc) is 1.80. The molecule has 9 heavy (non-hydrogen) atoms. The molecule has 3 nitrogen and oxygen atoms in total. The second-order valence-electron chi connectivity index (χ2n) is 1.65. The molecule has 1 aromatic rings. The Labute approximate surface area is 57.6 Å². The second kappa shape index (κ2) is 2.14. The van der Waals surface area contributed by atoms with Crippen molar-refractivity contribution in [3.63, 3.8) is 0 Å². The highest BCUT2D eigenvalue weighted by Gasteiger charge is 1.87. The third kappa shape index (κ3) is 1.26. The fourth-order valence-electron chi connectivity index (χ4n) is 0.490. The van der Waals surface area contributed by atoms with Gasteiger partial charge in [0.1, 0.15) is 4.64 Å². The van der Waals surface area contributed by atoms with Gasteiger partial charge in [-0.05, 0) is 6.07 Å². The molecule has 1 rings (SSSR count). The summed E-state index contributed by atoms with van der Waals surface area (Å²) in [5, 5.41) is 12.4. The first kappa shape index (κ1) is 6.22. The van der Waals surface area contributed by atoms with Gasteiger partial charge < -0.3 is 5.11 Å². The minimum absolute atomic E-state index is 0.00824. The molecule has 0 atom stereocenters. The first-order valence-electron chi connectivity index (χ1n) is 2.43. The van der Waals surface area contributed by atoms with Crippen LogP contribution in [0.1, 0.15) is 0 Å². The van der Waals surface area contributed by atoms with E-state index in [9.17, 15) is 0 Å². The third-order valence-electron chi connectivity index (χ3n) is 0.946. The van der Waals surface area contributed by atoms with E-state index in [-0.39, 0.29) is 5.88 Å². The van der Waals surface area contributed by atoms with Gasteiger partial charge in [0.15, 0.2) is 0 Å². The van der Waals surface area contributed by atoms with Gasteiger partial charge in [-0.3, -0.25) is 4.68 Å². The van der Waals surface area contributed by atoms with E-state index < -0.39 is 0 Å². The van der Waals surface area contributed by atoms with Gasteiger partial charge >= 0.3 is 0 Å². The Morgan fingerprint density at radius 3 is 2.78 bits per heavy atom. The zero-order chi connectivity index (χ0) is 6.85. The second-order valence-corrected chi connectivity index (χ2v) is 2.07. The Kier molecular flexibility index (Phi) is 1.48. The van der Waals surface area contributed by atoms with Gasteiger partial charge in [-0.25, -0.2) is 0 Å². The first-order chi connectivity index (χ1) is 4.20. The lowest BCUT2D eigenvalue weighted by molar-refractivity contribution is 0.431. The minimum atomic E-state index is -0.00824. The van der Waals surface area contributed by atoms with Crippen LogP contribution in [0.15, 0.2) is 12.1 Å². The molecule has 48 valence electrons. The molecule has 1 heterocycles. The molecule has 0 aliphatic rings. The molecule has 1 N–H and O–H groups in total. The number of aromatic hydroxyl groups is 1. The predicted octanol–water partition coefficient (Wildman–Crippen LogP) is 0.855. The molecule has 0 aliphatic carbocycles. The van der Waals surface area contributed by atoms with Crippen molar-refractivity contribution in [3.8, 4) is 5.88 Å². The van der Waals surface area contributed by atoms with Crippen LogP contribution in [0.4, 0.5) is 0 Å². The van der Waals surface area contributed by atoms with Crippen LogP contribution in [0.3, 0.4) is 0 Å². The molecule has 0 saturated carbocycles. The summed E-state index contributed by atoms with van der Waals surface area (Å²) in [5.74, 6) is -0.00824. The molecule has 0 unspecified atom stereocenters. The van der Waals surface area contributed by atoms with E-state index >= 15 is 0 Å². The van der Waals surface area contributed by atoms with Gasteiger partial charge in [-0.2, -0.15) is 0 Å². The molecule has 1 aromatic heterocycles. The van der Waals surface area contributed by atoms with Crippen LogP contribution in [-0.4, -0.2) is 14.9 Å². The van der Waals surface area contributed by atoms with Gasteiger partial charge in [-0.1, -0.05) is 12.2 Å². The summed E-state index contributed by atoms with van der Waals surface area (Å²) >= 11 is 4.80. The van der Waals surface area contributed by atoms with E-state index in [4.69, 9.17) is 17.3 Å². The smallest absolute Gasteiger partial charge is 0.228 e. The fourth-order valence-corrected chi connectivity index (χ4v) is 0.599. The van der Waals surface area contributed by atoms with Crippen LogP contribution in [-0.2, 0) is 7.05 Å². The van der Waals surface area contributed by atoms with Crippen molar-refractivity contribution in [1.82, 2.24) is 9.78 Å². The summed E-state index contributed by atoms with van der Waals surface area (Å²) in [4.78, 5) is 0. The summed E-state index contributed by atoms with van der Waals surface area (Å²) in [6.07, 6.45) is 0. The topological polar surface area (TPSA) is 38.0 Å². The van der Waals surface area contributed by atoms with Crippen LogP contribution >= 0.6 is 12.2 Å². The van der Waals surface area contributed by atoms with Crippen LogP contribution in [0.2, 0.25) is 0 Å². The SMILES string of the molecule is Cn1nc(O)ccc1=S. The van der Waals surface area contributed by atoms with Crippen LogP contribution < -0.4 is 0 Å². The maximum Gasteiger partial charge on any atom is 0.228 e. The molecule has 4 heteroatoms. The number of aryl methyl sites for hydroxylation is 1. The highest BCUT2D eigenvalue weighted by molar-refractivity contribution is 7.71. The average molecular weight is 142 g/mol. The molecule has 0 saturated heterocycles. The van der Waals surface area contributed by atoms with Crippen molar-refractivity contribution >= 4 is 12.2 Å². The van der Waals surface area contributed by atoms with Crippen molar-refractivity contribution in [2.24, 2.45) is 7.05 Å². The molecule has 0 aliphatic heterocycles. The van der Waals surface area contributed by atoms with Crippen molar-refractivity contribution in [2.45, 2.75) is 0 Å². The molecule has 0 fully saturated rings. The summed E-state index contributed by atoms with van der Waals surface area (Å²) in [5.41, 5.74) is 0. The zero-order valence-corrected chi connectivity index (χ0v) is 5.72. The Balaban J connectivity index is 3.34. The van der Waals surface area contributed by atoms with Crippen molar-refractivity contribution < 1.29 is 5.11 Å². The molecule has 0 radical (unpaired) electrons. The van der Waals surface area contributed by atoms with Gasteiger partial charge in [0, 0.05) is 13.1 Å². The minimum Gasteiger partial charge on any atom is -0.492 e. The quantitative estimate of drug-likeness (QED) is 0.546. The lowest BCUT2D eigenvalue weighted by atomic mass is 10.6. The predicted molar refractivity (Wildman–Crippen MR) is 35.7 cm³/mol. The van der Waals surface area contributed by atoms with Crippen LogP contribution in [0.25, 0.3) is 0 Å². The van der Waals surface area contributed by atoms with E-state index in [2.05, 4.69) is 5.10 Å².